The summed E-state index contributed by atoms with van der Waals surface area (Å²) in [5, 5.41) is 1.60. The Morgan fingerprint density at radius 2 is 1.15 bits per heavy atom. The summed E-state index contributed by atoms with van der Waals surface area (Å²) >= 11 is 0. The molecular formula is C52H62O11Si2. The summed E-state index contributed by atoms with van der Waals surface area (Å²) < 4.78 is 47.0. The molecule has 65 heavy (non-hydrogen) atoms. The highest BCUT2D eigenvalue weighted by molar-refractivity contribution is 6.84. The largest absolute Gasteiger partial charge is 0.497 e. The molecule has 0 saturated carbocycles. The third kappa shape index (κ3) is 12.5. The molecular weight excluding hydrogens is 857 g/mol. The van der Waals surface area contributed by atoms with E-state index in [0.717, 1.165) is 46.3 Å². The van der Waals surface area contributed by atoms with Crippen LogP contribution in [0.2, 0.25) is 38.3 Å². The van der Waals surface area contributed by atoms with E-state index in [-0.39, 0.29) is 39.3 Å². The van der Waals surface area contributed by atoms with Crippen molar-refractivity contribution in [3.63, 3.8) is 0 Å². The van der Waals surface area contributed by atoms with E-state index in [2.05, 4.69) is 33.1 Å². The van der Waals surface area contributed by atoms with Gasteiger partial charge in [0.15, 0.2) is 22.2 Å². The maximum Gasteiger partial charge on any atom is 0.339 e. The maximum atomic E-state index is 14.4. The summed E-state index contributed by atoms with van der Waals surface area (Å²) in [4.78, 5) is 39.4. The number of esters is 3. The van der Waals surface area contributed by atoms with Gasteiger partial charge in [-0.15, -0.1) is 0 Å². The molecule has 0 fully saturated rings. The number of rotatable bonds is 23. The van der Waals surface area contributed by atoms with Crippen molar-refractivity contribution in [1.82, 2.24) is 0 Å². The predicted octanol–water partition coefficient (Wildman–Crippen LogP) is 11.1. The molecule has 0 radical (unpaired) electrons. The fourth-order valence-electron chi connectivity index (χ4n) is 8.44. The molecule has 0 saturated heterocycles. The van der Waals surface area contributed by atoms with Crippen molar-refractivity contribution >= 4 is 51.4 Å². The molecule has 0 unspecified atom stereocenters. The minimum atomic E-state index is -1.76. The third-order valence-corrected chi connectivity index (χ3v) is 19.0. The van der Waals surface area contributed by atoms with E-state index in [4.69, 9.17) is 37.3 Å². The second-order valence-electron chi connectivity index (χ2n) is 17.2. The number of carbonyl (C=O) groups is 3. The summed E-state index contributed by atoms with van der Waals surface area (Å²) in [6.07, 6.45) is 5.60. The molecule has 0 spiro atoms. The second-order valence-corrected chi connectivity index (χ2v) is 26.1. The molecule has 0 atom stereocenters. The summed E-state index contributed by atoms with van der Waals surface area (Å²) in [7, 11) is -0.141. The lowest BCUT2D eigenvalue weighted by molar-refractivity contribution is -0.151. The van der Waals surface area contributed by atoms with Crippen LogP contribution in [0.15, 0.2) is 109 Å². The number of hydrogen-bond acceptors (Lipinski definition) is 11. The Balaban J connectivity index is 1.10. The van der Waals surface area contributed by atoms with Gasteiger partial charge in [0.05, 0.1) is 39.2 Å². The highest BCUT2D eigenvalue weighted by Gasteiger charge is 2.40. The smallest absolute Gasteiger partial charge is 0.339 e. The van der Waals surface area contributed by atoms with Crippen molar-refractivity contribution in [2.24, 2.45) is 0 Å². The van der Waals surface area contributed by atoms with E-state index in [1.165, 1.54) is 6.04 Å². The standard InChI is InChI=1S/C52H62O11Si2/c1-8-36-64(4,5)63-65(6,7)37-14-31-58-32-33-59-46(53)27-28-47(54)60-34-35-61-51(55)49-45-29-30-52(39-19-23-41(56-2)24-20-39,40-21-25-42(57-3)26-22-40)62-50(45)44-18-13-12-17-43(44)48(49)38-15-10-9-11-16-38/h9-13,15-26,29-30H,8,14,27-28,31-37H2,1-7H3. The molecule has 1 aliphatic heterocycles. The third-order valence-electron chi connectivity index (χ3n) is 11.3. The number of ether oxygens (including phenoxy) is 7. The van der Waals surface area contributed by atoms with E-state index >= 15 is 0 Å². The van der Waals surface area contributed by atoms with Gasteiger partial charge in [0.25, 0.3) is 0 Å². The minimum absolute atomic E-state index is 0.102. The number of methoxy groups -OCH3 is 2. The number of hydrogen-bond donors (Lipinski definition) is 0. The van der Waals surface area contributed by atoms with E-state index in [0.29, 0.717) is 40.5 Å². The van der Waals surface area contributed by atoms with Gasteiger partial charge in [-0.1, -0.05) is 92.2 Å². The minimum Gasteiger partial charge on any atom is -0.497 e. The average Bonchev–Trinajstić information content (AvgIpc) is 3.31. The van der Waals surface area contributed by atoms with E-state index < -0.39 is 40.1 Å². The van der Waals surface area contributed by atoms with Crippen LogP contribution in [0, 0.1) is 0 Å². The lowest BCUT2D eigenvalue weighted by Crippen LogP contribution is -2.44. The topological polar surface area (TPSA) is 125 Å². The molecule has 0 bridgehead atoms. The van der Waals surface area contributed by atoms with Crippen LogP contribution in [0.4, 0.5) is 0 Å². The van der Waals surface area contributed by atoms with Gasteiger partial charge in [-0.25, -0.2) is 4.79 Å². The zero-order chi connectivity index (χ0) is 46.5. The first-order valence-electron chi connectivity index (χ1n) is 22.4. The second kappa shape index (κ2) is 22.4. The fraction of sp³-hybridized carbons (Fsp3) is 0.365. The first-order chi connectivity index (χ1) is 31.3. The first-order valence-corrected chi connectivity index (χ1v) is 28.6. The summed E-state index contributed by atoms with van der Waals surface area (Å²) in [5.74, 6) is 0.173. The van der Waals surface area contributed by atoms with Gasteiger partial charge in [-0.2, -0.15) is 0 Å². The maximum absolute atomic E-state index is 14.4. The van der Waals surface area contributed by atoms with E-state index in [9.17, 15) is 14.4 Å². The quantitative estimate of drug-likeness (QED) is 0.0269. The summed E-state index contributed by atoms with van der Waals surface area (Å²) in [5.41, 5.74) is 2.95. The van der Waals surface area contributed by atoms with Crippen molar-refractivity contribution in [3.8, 4) is 28.4 Å². The van der Waals surface area contributed by atoms with Gasteiger partial charge in [0.2, 0.25) is 0 Å². The lowest BCUT2D eigenvalue weighted by atomic mass is 9.81. The van der Waals surface area contributed by atoms with Gasteiger partial charge in [-0.05, 0) is 92.1 Å². The predicted molar refractivity (Wildman–Crippen MR) is 259 cm³/mol. The molecule has 0 aliphatic carbocycles. The molecule has 344 valence electrons. The molecule has 11 nitrogen and oxygen atoms in total. The molecule has 13 heteroatoms. The lowest BCUT2D eigenvalue weighted by Gasteiger charge is -2.37. The number of fused-ring (bicyclic) bond motifs is 3. The van der Waals surface area contributed by atoms with Crippen molar-refractivity contribution in [2.45, 2.75) is 76.5 Å². The van der Waals surface area contributed by atoms with Crippen molar-refractivity contribution in [2.75, 3.05) is 47.3 Å². The molecule has 0 N–H and O–H groups in total. The average molecular weight is 919 g/mol. The monoisotopic (exact) mass is 918 g/mol. The summed E-state index contributed by atoms with van der Waals surface area (Å²) in [6.45, 7) is 11.9. The van der Waals surface area contributed by atoms with Crippen LogP contribution in [0.1, 0.15) is 59.7 Å². The van der Waals surface area contributed by atoms with Crippen molar-refractivity contribution in [3.05, 3.63) is 131 Å². The highest BCUT2D eigenvalue weighted by Crippen LogP contribution is 2.50. The van der Waals surface area contributed by atoms with E-state index in [1.807, 2.05) is 115 Å². The van der Waals surface area contributed by atoms with Gasteiger partial charge in [0.1, 0.15) is 37.1 Å². The molecule has 5 aromatic rings. The van der Waals surface area contributed by atoms with Crippen LogP contribution in [0.25, 0.3) is 28.0 Å². The number of benzene rings is 5. The molecule has 0 amide bonds. The Labute approximate surface area is 385 Å². The van der Waals surface area contributed by atoms with Crippen LogP contribution in [0.3, 0.4) is 0 Å². The Morgan fingerprint density at radius 3 is 1.74 bits per heavy atom. The van der Waals surface area contributed by atoms with Crippen LogP contribution in [-0.2, 0) is 38.3 Å². The van der Waals surface area contributed by atoms with Crippen molar-refractivity contribution in [1.29, 1.82) is 0 Å². The highest BCUT2D eigenvalue weighted by atomic mass is 28.4. The van der Waals surface area contributed by atoms with Gasteiger partial charge in [0, 0.05) is 34.2 Å². The van der Waals surface area contributed by atoms with Gasteiger partial charge >= 0.3 is 17.9 Å². The Bertz CT molecular complexity index is 2370. The Morgan fingerprint density at radius 1 is 0.615 bits per heavy atom. The van der Waals surface area contributed by atoms with Crippen molar-refractivity contribution < 1.29 is 51.7 Å². The first kappa shape index (κ1) is 48.7. The fourth-order valence-corrected chi connectivity index (χ4v) is 17.4. The molecule has 1 heterocycles. The summed E-state index contributed by atoms with van der Waals surface area (Å²) in [6, 6.07) is 35.1. The molecule has 0 aromatic heterocycles. The van der Waals surface area contributed by atoms with Gasteiger partial charge < -0.3 is 37.3 Å². The zero-order valence-corrected chi connectivity index (χ0v) is 40.7. The Hall–Kier alpha value is -5.74. The molecule has 1 aliphatic rings. The zero-order valence-electron chi connectivity index (χ0n) is 38.7. The SMILES string of the molecule is CCC[Si](C)(C)O[Si](C)(C)CCCOCCOC(=O)CCC(=O)OCCOC(=O)c1c2c(c3ccccc3c1-c1ccccc1)OC(c1ccc(OC)cc1)(c1ccc(OC)cc1)C=C2. The Kier molecular flexibility index (Phi) is 16.8. The normalized spacial score (nSPS) is 13.1. The van der Waals surface area contributed by atoms with Gasteiger partial charge in [-0.3, -0.25) is 9.59 Å². The molecule has 5 aromatic carbocycles. The van der Waals surface area contributed by atoms with Crippen LogP contribution >= 0.6 is 0 Å². The van der Waals surface area contributed by atoms with E-state index in [1.54, 1.807) is 14.2 Å². The number of carbonyl (C=O) groups excluding carboxylic acids is 3. The van der Waals surface area contributed by atoms with Crippen LogP contribution in [-0.4, -0.2) is 81.8 Å². The van der Waals surface area contributed by atoms with Crippen LogP contribution < -0.4 is 14.2 Å². The molecule has 6 rings (SSSR count). The van der Waals surface area contributed by atoms with Crippen LogP contribution in [0.5, 0.6) is 17.2 Å².